The van der Waals surface area contributed by atoms with E-state index in [0.717, 1.165) is 38.1 Å². The first-order valence-electron chi connectivity index (χ1n) is 10.1. The number of rotatable bonds is 5. The molecule has 3 N–H and O–H groups in total. The van der Waals surface area contributed by atoms with Gasteiger partial charge in [-0.3, -0.25) is 9.69 Å². The molecular weight excluding hydrogens is 371 g/mol. The molecule has 0 bridgehead atoms. The number of ether oxygens (including phenoxy) is 1. The number of methoxy groups -OCH3 is 1. The van der Waals surface area contributed by atoms with Crippen LogP contribution in [0.5, 0.6) is 5.75 Å². The molecule has 1 amide bonds. The first-order chi connectivity index (χ1) is 14.1. The van der Waals surface area contributed by atoms with E-state index in [1.807, 2.05) is 12.1 Å². The normalized spacial score (nSPS) is 23.1. The number of hydrogen-bond acceptors (Lipinski definition) is 5. The molecule has 2 unspecified atom stereocenters. The number of carbonyl (C=O) groups excluding carboxylic acids is 1. The molecule has 2 aliphatic rings. The molecule has 4 rings (SSSR count). The van der Waals surface area contributed by atoms with Gasteiger partial charge in [0.15, 0.2) is 0 Å². The molecule has 0 radical (unpaired) electrons. The van der Waals surface area contributed by atoms with Gasteiger partial charge in [0.05, 0.1) is 18.8 Å². The predicted molar refractivity (Wildman–Crippen MR) is 109 cm³/mol. The van der Waals surface area contributed by atoms with Crippen LogP contribution in [-0.4, -0.2) is 43.2 Å². The van der Waals surface area contributed by atoms with Gasteiger partial charge < -0.3 is 10.1 Å². The van der Waals surface area contributed by atoms with E-state index in [1.165, 1.54) is 17.7 Å². The lowest BCUT2D eigenvalue weighted by atomic mass is 10.0. The van der Waals surface area contributed by atoms with Gasteiger partial charge in [-0.2, -0.15) is 0 Å². The summed E-state index contributed by atoms with van der Waals surface area (Å²) in [5.41, 5.74) is 8.12. The highest BCUT2D eigenvalue weighted by atomic mass is 19.1. The second-order valence-corrected chi connectivity index (χ2v) is 7.63. The summed E-state index contributed by atoms with van der Waals surface area (Å²) < 4.78 is 19.0. The first-order valence-corrected chi connectivity index (χ1v) is 10.1. The van der Waals surface area contributed by atoms with Crippen molar-refractivity contribution in [2.45, 2.75) is 37.5 Å². The van der Waals surface area contributed by atoms with Gasteiger partial charge in [0.25, 0.3) is 5.91 Å². The number of piperidine rings is 1. The Kier molecular flexibility index (Phi) is 6.08. The molecule has 29 heavy (non-hydrogen) atoms. The number of carbonyl (C=O) groups is 1. The Morgan fingerprint density at radius 2 is 1.83 bits per heavy atom. The summed E-state index contributed by atoms with van der Waals surface area (Å²) in [6.07, 6.45) is 2.93. The molecule has 7 heteroatoms. The summed E-state index contributed by atoms with van der Waals surface area (Å²) in [5, 5.41) is 2.98. The van der Waals surface area contributed by atoms with Crippen molar-refractivity contribution in [1.29, 1.82) is 0 Å². The van der Waals surface area contributed by atoms with Crippen LogP contribution in [0.25, 0.3) is 0 Å². The molecule has 2 heterocycles. The molecule has 0 aliphatic carbocycles. The standard InChI is InChI=1S/C22H27FN4O2/c1-29-17-8-6-15(7-9-17)20-14-21(26-25-20)27-12-10-16(11-13-27)24-22(28)18-4-2-3-5-19(18)23/h2-9,16,20-21,25-26H,10-14H2,1H3,(H,24,28). The van der Waals surface area contributed by atoms with Crippen LogP contribution in [0.2, 0.25) is 0 Å². The van der Waals surface area contributed by atoms with E-state index < -0.39 is 5.82 Å². The van der Waals surface area contributed by atoms with Gasteiger partial charge >= 0.3 is 0 Å². The Bertz CT molecular complexity index is 837. The largest absolute Gasteiger partial charge is 0.497 e. The zero-order valence-electron chi connectivity index (χ0n) is 16.5. The lowest BCUT2D eigenvalue weighted by molar-refractivity contribution is 0.0876. The Labute approximate surface area is 170 Å². The van der Waals surface area contributed by atoms with Crippen molar-refractivity contribution >= 4 is 5.91 Å². The van der Waals surface area contributed by atoms with E-state index >= 15 is 0 Å². The summed E-state index contributed by atoms with van der Waals surface area (Å²) in [4.78, 5) is 14.7. The van der Waals surface area contributed by atoms with Crippen LogP contribution in [0.3, 0.4) is 0 Å². The fraction of sp³-hybridized carbons (Fsp3) is 0.409. The topological polar surface area (TPSA) is 65.6 Å². The van der Waals surface area contributed by atoms with E-state index in [4.69, 9.17) is 4.74 Å². The third-order valence-electron chi connectivity index (χ3n) is 5.83. The second kappa shape index (κ2) is 8.90. The molecule has 0 saturated carbocycles. The minimum atomic E-state index is -0.478. The Balaban J connectivity index is 1.26. The first kappa shape index (κ1) is 19.8. The average molecular weight is 398 g/mol. The number of hydrazine groups is 1. The molecule has 2 aromatic rings. The van der Waals surface area contributed by atoms with Gasteiger partial charge in [0.2, 0.25) is 0 Å². The van der Waals surface area contributed by atoms with Crippen LogP contribution < -0.4 is 20.9 Å². The fourth-order valence-corrected chi connectivity index (χ4v) is 4.10. The fourth-order valence-electron chi connectivity index (χ4n) is 4.10. The number of amides is 1. The van der Waals surface area contributed by atoms with Gasteiger partial charge in [0, 0.05) is 25.2 Å². The number of likely N-dealkylation sites (tertiary alicyclic amines) is 1. The minimum Gasteiger partial charge on any atom is -0.497 e. The Morgan fingerprint density at radius 1 is 1.10 bits per heavy atom. The van der Waals surface area contributed by atoms with E-state index in [9.17, 15) is 9.18 Å². The molecule has 2 fully saturated rings. The Hall–Kier alpha value is -2.48. The van der Waals surface area contributed by atoms with E-state index in [0.29, 0.717) is 0 Å². The van der Waals surface area contributed by atoms with Gasteiger partial charge in [-0.15, -0.1) is 0 Å². The smallest absolute Gasteiger partial charge is 0.254 e. The van der Waals surface area contributed by atoms with Crippen molar-refractivity contribution in [2.24, 2.45) is 0 Å². The van der Waals surface area contributed by atoms with Crippen molar-refractivity contribution in [1.82, 2.24) is 21.1 Å². The van der Waals surface area contributed by atoms with Crippen molar-refractivity contribution in [3.05, 3.63) is 65.5 Å². The van der Waals surface area contributed by atoms with Gasteiger partial charge in [-0.25, -0.2) is 15.2 Å². The molecular formula is C22H27FN4O2. The van der Waals surface area contributed by atoms with Crippen molar-refractivity contribution in [3.8, 4) is 5.75 Å². The van der Waals surface area contributed by atoms with Crippen molar-refractivity contribution in [2.75, 3.05) is 20.2 Å². The van der Waals surface area contributed by atoms with Gasteiger partial charge in [0.1, 0.15) is 11.6 Å². The lowest BCUT2D eigenvalue weighted by Crippen LogP contribution is -2.51. The van der Waals surface area contributed by atoms with Crippen LogP contribution >= 0.6 is 0 Å². The van der Waals surface area contributed by atoms with E-state index in [1.54, 1.807) is 19.2 Å². The molecule has 2 aliphatic heterocycles. The summed E-state index contributed by atoms with van der Waals surface area (Å²) in [6, 6.07) is 14.6. The predicted octanol–water partition coefficient (Wildman–Crippen LogP) is 2.59. The molecule has 154 valence electrons. The van der Waals surface area contributed by atoms with Crippen LogP contribution in [-0.2, 0) is 0 Å². The van der Waals surface area contributed by atoms with Gasteiger partial charge in [-0.05, 0) is 49.1 Å². The van der Waals surface area contributed by atoms with Crippen LogP contribution in [0.1, 0.15) is 41.2 Å². The van der Waals surface area contributed by atoms with Crippen LogP contribution in [0.4, 0.5) is 4.39 Å². The number of nitrogens with zero attached hydrogens (tertiary/aromatic N) is 1. The molecule has 2 aromatic carbocycles. The number of nitrogens with one attached hydrogen (secondary N) is 3. The zero-order chi connectivity index (χ0) is 20.2. The molecule has 0 aromatic heterocycles. The number of hydrogen-bond donors (Lipinski definition) is 3. The zero-order valence-corrected chi connectivity index (χ0v) is 16.5. The lowest BCUT2D eigenvalue weighted by Gasteiger charge is -2.35. The monoisotopic (exact) mass is 398 g/mol. The number of benzene rings is 2. The Morgan fingerprint density at radius 3 is 2.52 bits per heavy atom. The highest BCUT2D eigenvalue weighted by Gasteiger charge is 2.32. The SMILES string of the molecule is COc1ccc(C2CC(N3CCC(NC(=O)c4ccccc4F)CC3)NN2)cc1. The summed E-state index contributed by atoms with van der Waals surface area (Å²) >= 11 is 0. The third kappa shape index (κ3) is 4.58. The average Bonchev–Trinajstić information content (AvgIpc) is 3.25. The van der Waals surface area contributed by atoms with Gasteiger partial charge in [-0.1, -0.05) is 24.3 Å². The maximum Gasteiger partial charge on any atom is 0.254 e. The van der Waals surface area contributed by atoms with Crippen molar-refractivity contribution in [3.63, 3.8) is 0 Å². The molecule has 2 atom stereocenters. The maximum absolute atomic E-state index is 13.8. The van der Waals surface area contributed by atoms with Crippen LogP contribution in [0, 0.1) is 5.82 Å². The second-order valence-electron chi connectivity index (χ2n) is 7.63. The molecule has 6 nitrogen and oxygen atoms in total. The van der Waals surface area contributed by atoms with E-state index in [-0.39, 0.29) is 29.7 Å². The minimum absolute atomic E-state index is 0.0742. The number of halogens is 1. The highest BCUT2D eigenvalue weighted by molar-refractivity contribution is 5.94. The van der Waals surface area contributed by atoms with Crippen molar-refractivity contribution < 1.29 is 13.9 Å². The maximum atomic E-state index is 13.8. The molecule has 0 spiro atoms. The van der Waals surface area contributed by atoms with E-state index in [2.05, 4.69) is 33.2 Å². The quantitative estimate of drug-likeness (QED) is 0.723. The summed E-state index contributed by atoms with van der Waals surface area (Å²) in [5.74, 6) is 0.0470. The third-order valence-corrected chi connectivity index (χ3v) is 5.83. The summed E-state index contributed by atoms with van der Waals surface area (Å²) in [6.45, 7) is 1.77. The highest BCUT2D eigenvalue weighted by Crippen LogP contribution is 2.27. The van der Waals surface area contributed by atoms with Crippen LogP contribution in [0.15, 0.2) is 48.5 Å². The molecule has 2 saturated heterocycles. The summed E-state index contributed by atoms with van der Waals surface area (Å²) in [7, 11) is 1.67.